The summed E-state index contributed by atoms with van der Waals surface area (Å²) in [6.45, 7) is 0. The van der Waals surface area contributed by atoms with Crippen LogP contribution in [0.2, 0.25) is 0 Å². The summed E-state index contributed by atoms with van der Waals surface area (Å²) in [6, 6.07) is 19.6. The molecule has 1 heterocycles. The van der Waals surface area contributed by atoms with Crippen molar-refractivity contribution in [3.63, 3.8) is 0 Å². The van der Waals surface area contributed by atoms with Gasteiger partial charge >= 0.3 is 0 Å². The van der Waals surface area contributed by atoms with Crippen molar-refractivity contribution in [2.24, 2.45) is 0 Å². The zero-order valence-corrected chi connectivity index (χ0v) is 10.7. The van der Waals surface area contributed by atoms with E-state index in [4.69, 9.17) is 0 Å². The van der Waals surface area contributed by atoms with E-state index in [0.717, 1.165) is 22.5 Å². The van der Waals surface area contributed by atoms with Gasteiger partial charge in [0.2, 0.25) is 0 Å². The fraction of sp³-hybridized carbons (Fsp3) is 0. The summed E-state index contributed by atoms with van der Waals surface area (Å²) in [6.07, 6.45) is 2.22. The van der Waals surface area contributed by atoms with Gasteiger partial charge in [-0.05, 0) is 0 Å². The summed E-state index contributed by atoms with van der Waals surface area (Å²) in [4.78, 5) is 19.7. The predicted octanol–water partition coefficient (Wildman–Crippen LogP) is 3.62. The van der Waals surface area contributed by atoms with Gasteiger partial charge < -0.3 is 0 Å². The van der Waals surface area contributed by atoms with Crippen molar-refractivity contribution in [3.8, 4) is 22.5 Å². The molecule has 0 atom stereocenters. The Kier molecular flexibility index (Phi) is 3.33. The molecule has 0 fully saturated rings. The maximum absolute atomic E-state index is 10.9. The van der Waals surface area contributed by atoms with Crippen molar-refractivity contribution in [1.82, 2.24) is 9.97 Å². The summed E-state index contributed by atoms with van der Waals surface area (Å²) < 4.78 is 0. The Morgan fingerprint density at radius 2 is 1.30 bits per heavy atom. The van der Waals surface area contributed by atoms with Gasteiger partial charge in [0.1, 0.15) is 5.69 Å². The summed E-state index contributed by atoms with van der Waals surface area (Å²) in [7, 11) is 0. The van der Waals surface area contributed by atoms with E-state index in [9.17, 15) is 4.79 Å². The van der Waals surface area contributed by atoms with E-state index in [2.05, 4.69) is 9.97 Å². The van der Waals surface area contributed by atoms with Crippen LogP contribution in [0.25, 0.3) is 22.5 Å². The third kappa shape index (κ3) is 2.34. The molecule has 96 valence electrons. The van der Waals surface area contributed by atoms with Gasteiger partial charge in [0.15, 0.2) is 6.29 Å². The van der Waals surface area contributed by atoms with Gasteiger partial charge in [-0.25, -0.2) is 4.98 Å². The minimum atomic E-state index is 0.337. The lowest BCUT2D eigenvalue weighted by molar-refractivity contribution is 0.111. The lowest BCUT2D eigenvalue weighted by atomic mass is 10.0. The number of hydrogen-bond acceptors (Lipinski definition) is 3. The van der Waals surface area contributed by atoms with Crippen LogP contribution in [-0.2, 0) is 0 Å². The van der Waals surface area contributed by atoms with Gasteiger partial charge in [-0.2, -0.15) is 0 Å². The topological polar surface area (TPSA) is 42.9 Å². The summed E-state index contributed by atoms with van der Waals surface area (Å²) in [5, 5.41) is 0. The fourth-order valence-electron chi connectivity index (χ4n) is 2.06. The van der Waals surface area contributed by atoms with Gasteiger partial charge in [0, 0.05) is 11.1 Å². The molecule has 0 saturated heterocycles. The molecule has 0 aliphatic rings. The van der Waals surface area contributed by atoms with Crippen molar-refractivity contribution < 1.29 is 4.79 Å². The fourth-order valence-corrected chi connectivity index (χ4v) is 2.06. The highest BCUT2D eigenvalue weighted by molar-refractivity contribution is 5.81. The third-order valence-electron chi connectivity index (χ3n) is 3.01. The first-order valence-corrected chi connectivity index (χ1v) is 6.31. The van der Waals surface area contributed by atoms with Crippen LogP contribution in [0.1, 0.15) is 10.5 Å². The van der Waals surface area contributed by atoms with Crippen molar-refractivity contribution >= 4 is 6.29 Å². The molecule has 3 rings (SSSR count). The van der Waals surface area contributed by atoms with Crippen molar-refractivity contribution in [1.29, 1.82) is 0 Å². The lowest BCUT2D eigenvalue weighted by Gasteiger charge is -2.08. The van der Waals surface area contributed by atoms with Crippen LogP contribution < -0.4 is 0 Å². The Morgan fingerprint density at radius 1 is 0.750 bits per heavy atom. The zero-order chi connectivity index (χ0) is 13.8. The van der Waals surface area contributed by atoms with E-state index >= 15 is 0 Å². The van der Waals surface area contributed by atoms with Crippen LogP contribution >= 0.6 is 0 Å². The van der Waals surface area contributed by atoms with E-state index < -0.39 is 0 Å². The van der Waals surface area contributed by atoms with Gasteiger partial charge in [-0.3, -0.25) is 9.78 Å². The lowest BCUT2D eigenvalue weighted by Crippen LogP contribution is -1.97. The number of carbonyl (C=O) groups excluding carboxylic acids is 1. The molecule has 0 aliphatic carbocycles. The van der Waals surface area contributed by atoms with Crippen LogP contribution in [0, 0.1) is 0 Å². The first-order valence-electron chi connectivity index (χ1n) is 6.31. The maximum atomic E-state index is 10.9. The van der Waals surface area contributed by atoms with Crippen LogP contribution in [0.4, 0.5) is 0 Å². The molecule has 20 heavy (non-hydrogen) atoms. The molecule has 0 bridgehead atoms. The molecule has 0 aliphatic heterocycles. The first-order chi connectivity index (χ1) is 9.88. The van der Waals surface area contributed by atoms with E-state index in [1.807, 2.05) is 60.7 Å². The Morgan fingerprint density at radius 3 is 1.85 bits per heavy atom. The second-order valence-electron chi connectivity index (χ2n) is 4.34. The van der Waals surface area contributed by atoms with E-state index in [1.165, 1.54) is 6.20 Å². The highest BCUT2D eigenvalue weighted by atomic mass is 16.1. The van der Waals surface area contributed by atoms with Crippen molar-refractivity contribution in [2.45, 2.75) is 0 Å². The summed E-state index contributed by atoms with van der Waals surface area (Å²) in [5.74, 6) is 0. The van der Waals surface area contributed by atoms with Gasteiger partial charge in [0.25, 0.3) is 0 Å². The Balaban J connectivity index is 2.23. The summed E-state index contributed by atoms with van der Waals surface area (Å²) >= 11 is 0. The number of aldehydes is 1. The molecule has 0 N–H and O–H groups in total. The number of rotatable bonds is 3. The van der Waals surface area contributed by atoms with Crippen molar-refractivity contribution in [2.75, 3.05) is 0 Å². The van der Waals surface area contributed by atoms with Crippen LogP contribution in [0.3, 0.4) is 0 Å². The standard InChI is InChI=1S/C17H12N2O/c20-12-15-11-18-16(13-7-3-1-4-8-13)17(19-15)14-9-5-2-6-10-14/h1-12H. The number of benzene rings is 2. The number of carbonyl (C=O) groups is 1. The molecule has 1 aromatic heterocycles. The molecular weight excluding hydrogens is 248 g/mol. The van der Waals surface area contributed by atoms with Crippen LogP contribution in [-0.4, -0.2) is 16.3 Å². The number of hydrogen-bond donors (Lipinski definition) is 0. The normalized spacial score (nSPS) is 10.2. The first kappa shape index (κ1) is 12.2. The van der Waals surface area contributed by atoms with Crippen molar-refractivity contribution in [3.05, 3.63) is 72.6 Å². The molecule has 0 amide bonds. The quantitative estimate of drug-likeness (QED) is 0.675. The predicted molar refractivity (Wildman–Crippen MR) is 78.3 cm³/mol. The van der Waals surface area contributed by atoms with E-state index in [1.54, 1.807) is 0 Å². The molecule has 0 unspecified atom stereocenters. The molecule has 0 radical (unpaired) electrons. The molecule has 2 aromatic carbocycles. The molecule has 3 aromatic rings. The molecule has 3 nitrogen and oxygen atoms in total. The van der Waals surface area contributed by atoms with Gasteiger partial charge in [-0.1, -0.05) is 60.7 Å². The average Bonchev–Trinajstić information content (AvgIpc) is 2.56. The molecular formula is C17H12N2O. The Labute approximate surface area is 117 Å². The SMILES string of the molecule is O=Cc1cnc(-c2ccccc2)c(-c2ccccc2)n1. The minimum Gasteiger partial charge on any atom is -0.296 e. The van der Waals surface area contributed by atoms with Gasteiger partial charge in [-0.15, -0.1) is 0 Å². The second-order valence-corrected chi connectivity index (χ2v) is 4.34. The molecule has 0 saturated carbocycles. The maximum Gasteiger partial charge on any atom is 0.170 e. The van der Waals surface area contributed by atoms with Gasteiger partial charge in [0.05, 0.1) is 17.6 Å². The largest absolute Gasteiger partial charge is 0.296 e. The summed E-state index contributed by atoms with van der Waals surface area (Å²) in [5.41, 5.74) is 3.77. The third-order valence-corrected chi connectivity index (χ3v) is 3.01. The molecule has 0 spiro atoms. The van der Waals surface area contributed by atoms with E-state index in [-0.39, 0.29) is 0 Å². The highest BCUT2D eigenvalue weighted by Crippen LogP contribution is 2.28. The monoisotopic (exact) mass is 260 g/mol. The molecule has 3 heteroatoms. The second kappa shape index (κ2) is 5.45. The van der Waals surface area contributed by atoms with Crippen LogP contribution in [0.5, 0.6) is 0 Å². The Hall–Kier alpha value is -2.81. The minimum absolute atomic E-state index is 0.337. The van der Waals surface area contributed by atoms with E-state index in [0.29, 0.717) is 12.0 Å². The Bertz CT molecular complexity index is 724. The zero-order valence-electron chi connectivity index (χ0n) is 10.7. The number of nitrogens with zero attached hydrogens (tertiary/aromatic N) is 2. The highest BCUT2D eigenvalue weighted by Gasteiger charge is 2.11. The average molecular weight is 260 g/mol. The smallest absolute Gasteiger partial charge is 0.170 e. The van der Waals surface area contributed by atoms with Crippen LogP contribution in [0.15, 0.2) is 66.9 Å². The number of aromatic nitrogens is 2.